The Morgan fingerprint density at radius 3 is 2.36 bits per heavy atom. The van der Waals surface area contributed by atoms with Crippen molar-refractivity contribution in [2.75, 3.05) is 13.1 Å². The van der Waals surface area contributed by atoms with Crippen LogP contribution in [0.25, 0.3) is 0 Å². The molecular weight excluding hydrogens is 345 g/mol. The third-order valence-corrected chi connectivity index (χ3v) is 6.05. The summed E-state index contributed by atoms with van der Waals surface area (Å²) in [6, 6.07) is 13.5. The highest BCUT2D eigenvalue weighted by molar-refractivity contribution is 7.89. The van der Waals surface area contributed by atoms with Crippen molar-refractivity contribution < 1.29 is 13.2 Å². The number of nitrogens with zero attached hydrogens (tertiary/aromatic N) is 1. The molecule has 1 fully saturated rings. The molecule has 0 aromatic heterocycles. The van der Waals surface area contributed by atoms with Crippen LogP contribution in [0.3, 0.4) is 0 Å². The molecule has 1 heterocycles. The molecule has 0 atom stereocenters. The van der Waals surface area contributed by atoms with E-state index >= 15 is 0 Å². The van der Waals surface area contributed by atoms with E-state index in [4.69, 9.17) is 27.9 Å². The fraction of sp³-hybridized carbons (Fsp3) is 0.200. The van der Waals surface area contributed by atoms with E-state index in [1.165, 1.54) is 4.31 Å². The predicted octanol–water partition coefficient (Wildman–Crippen LogP) is 3.45. The zero-order chi connectivity index (χ0) is 15.7. The molecule has 0 bridgehead atoms. The molecular formula is C15H13Cl2NO3S. The lowest BCUT2D eigenvalue weighted by Crippen LogP contribution is -2.55. The van der Waals surface area contributed by atoms with E-state index in [2.05, 4.69) is 0 Å². The second-order valence-corrected chi connectivity index (χ2v) is 7.65. The van der Waals surface area contributed by atoms with Gasteiger partial charge in [0.1, 0.15) is 16.9 Å². The van der Waals surface area contributed by atoms with Gasteiger partial charge >= 0.3 is 0 Å². The maximum absolute atomic E-state index is 12.4. The lowest BCUT2D eigenvalue weighted by atomic mass is 10.2. The third kappa shape index (κ3) is 2.94. The van der Waals surface area contributed by atoms with Gasteiger partial charge in [0.25, 0.3) is 0 Å². The molecule has 1 aliphatic heterocycles. The van der Waals surface area contributed by atoms with Gasteiger partial charge in [-0.3, -0.25) is 0 Å². The van der Waals surface area contributed by atoms with E-state index in [0.717, 1.165) is 0 Å². The minimum absolute atomic E-state index is 0.227. The Morgan fingerprint density at radius 2 is 1.68 bits per heavy atom. The van der Waals surface area contributed by atoms with Crippen molar-refractivity contribution in [2.45, 2.75) is 11.0 Å². The molecule has 7 heteroatoms. The highest BCUT2D eigenvalue weighted by Crippen LogP contribution is 2.33. The van der Waals surface area contributed by atoms with Crippen LogP contribution in [0.5, 0.6) is 5.75 Å². The Kier molecular flexibility index (Phi) is 4.32. The third-order valence-electron chi connectivity index (χ3n) is 3.41. The normalized spacial score (nSPS) is 16.3. The second kappa shape index (κ2) is 6.08. The molecule has 1 saturated heterocycles. The van der Waals surface area contributed by atoms with Gasteiger partial charge in [-0.25, -0.2) is 8.42 Å². The predicted molar refractivity (Wildman–Crippen MR) is 86.1 cm³/mol. The average molecular weight is 358 g/mol. The standard InChI is InChI=1S/C15H13Cl2NO3S/c16-13-7-4-8-14(15(13)17)21-11-9-18(10-11)22(19,20)12-5-2-1-3-6-12/h1-8,11H,9-10H2. The van der Waals surface area contributed by atoms with Gasteiger partial charge in [-0.2, -0.15) is 4.31 Å². The number of rotatable bonds is 4. The first-order valence-electron chi connectivity index (χ1n) is 6.64. The fourth-order valence-electron chi connectivity index (χ4n) is 2.17. The molecule has 116 valence electrons. The number of ether oxygens (including phenoxy) is 1. The van der Waals surface area contributed by atoms with Gasteiger partial charge in [0.05, 0.1) is 23.0 Å². The molecule has 0 amide bonds. The average Bonchev–Trinajstić information content (AvgIpc) is 2.47. The summed E-state index contributed by atoms with van der Waals surface area (Å²) in [5.74, 6) is 0.468. The maximum atomic E-state index is 12.4. The molecule has 0 unspecified atom stereocenters. The number of sulfonamides is 1. The number of halogens is 2. The quantitative estimate of drug-likeness (QED) is 0.841. The summed E-state index contributed by atoms with van der Waals surface area (Å²) >= 11 is 12.0. The molecule has 4 nitrogen and oxygen atoms in total. The van der Waals surface area contributed by atoms with Gasteiger partial charge in [0, 0.05) is 0 Å². The van der Waals surface area contributed by atoms with Crippen LogP contribution in [0.15, 0.2) is 53.4 Å². The van der Waals surface area contributed by atoms with E-state index in [-0.39, 0.29) is 11.0 Å². The number of hydrogen-bond acceptors (Lipinski definition) is 3. The van der Waals surface area contributed by atoms with Gasteiger partial charge in [-0.15, -0.1) is 0 Å². The highest BCUT2D eigenvalue weighted by Gasteiger charge is 2.38. The SMILES string of the molecule is O=S(=O)(c1ccccc1)N1CC(Oc2cccc(Cl)c2Cl)C1. The van der Waals surface area contributed by atoms with Crippen LogP contribution < -0.4 is 4.74 Å². The monoisotopic (exact) mass is 357 g/mol. The summed E-state index contributed by atoms with van der Waals surface area (Å²) in [6.07, 6.45) is -0.227. The van der Waals surface area contributed by atoms with Crippen LogP contribution in [0.1, 0.15) is 0 Å². The number of hydrogen-bond donors (Lipinski definition) is 0. The van der Waals surface area contributed by atoms with Crippen LogP contribution in [-0.2, 0) is 10.0 Å². The smallest absolute Gasteiger partial charge is 0.243 e. The van der Waals surface area contributed by atoms with Crippen LogP contribution >= 0.6 is 23.2 Å². The summed E-state index contributed by atoms with van der Waals surface area (Å²) in [5.41, 5.74) is 0. The molecule has 2 aromatic rings. The summed E-state index contributed by atoms with van der Waals surface area (Å²) in [5, 5.41) is 0.751. The zero-order valence-electron chi connectivity index (χ0n) is 11.4. The zero-order valence-corrected chi connectivity index (χ0v) is 13.8. The van der Waals surface area contributed by atoms with E-state index in [1.807, 2.05) is 0 Å². The first-order valence-corrected chi connectivity index (χ1v) is 8.84. The molecule has 1 aliphatic rings. The topological polar surface area (TPSA) is 46.6 Å². The summed E-state index contributed by atoms with van der Waals surface area (Å²) in [6.45, 7) is 0.583. The molecule has 2 aromatic carbocycles. The van der Waals surface area contributed by atoms with Gasteiger partial charge in [0.15, 0.2) is 0 Å². The maximum Gasteiger partial charge on any atom is 0.243 e. The van der Waals surface area contributed by atoms with Crippen LogP contribution in [0, 0.1) is 0 Å². The Balaban J connectivity index is 1.66. The van der Waals surface area contributed by atoms with Crippen LogP contribution in [-0.4, -0.2) is 31.9 Å². The minimum Gasteiger partial charge on any atom is -0.486 e. The van der Waals surface area contributed by atoms with Crippen molar-refractivity contribution in [1.29, 1.82) is 0 Å². The molecule has 0 aliphatic carbocycles. The first-order chi connectivity index (χ1) is 10.5. The largest absolute Gasteiger partial charge is 0.486 e. The van der Waals surface area contributed by atoms with E-state index in [0.29, 0.717) is 28.9 Å². The lowest BCUT2D eigenvalue weighted by molar-refractivity contribution is 0.0763. The molecule has 3 rings (SSSR count). The van der Waals surface area contributed by atoms with Crippen molar-refractivity contribution in [3.05, 3.63) is 58.6 Å². The molecule has 0 spiro atoms. The van der Waals surface area contributed by atoms with E-state index in [9.17, 15) is 8.42 Å². The van der Waals surface area contributed by atoms with Gasteiger partial charge in [0.2, 0.25) is 10.0 Å². The fourth-order valence-corrected chi connectivity index (χ4v) is 4.03. The lowest BCUT2D eigenvalue weighted by Gasteiger charge is -2.37. The van der Waals surface area contributed by atoms with E-state index in [1.54, 1.807) is 48.5 Å². The van der Waals surface area contributed by atoms with Crippen molar-refractivity contribution in [1.82, 2.24) is 4.31 Å². The first kappa shape index (κ1) is 15.6. The highest BCUT2D eigenvalue weighted by atomic mass is 35.5. The summed E-state index contributed by atoms with van der Waals surface area (Å²) < 4.78 is 31.8. The van der Waals surface area contributed by atoms with Crippen molar-refractivity contribution >= 4 is 33.2 Å². The van der Waals surface area contributed by atoms with Gasteiger partial charge in [-0.1, -0.05) is 47.5 Å². The van der Waals surface area contributed by atoms with Gasteiger partial charge < -0.3 is 4.74 Å². The van der Waals surface area contributed by atoms with Crippen molar-refractivity contribution in [3.8, 4) is 5.75 Å². The van der Waals surface area contributed by atoms with Crippen LogP contribution in [0.4, 0.5) is 0 Å². The molecule has 0 saturated carbocycles. The van der Waals surface area contributed by atoms with Crippen molar-refractivity contribution in [2.24, 2.45) is 0 Å². The van der Waals surface area contributed by atoms with Crippen LogP contribution in [0.2, 0.25) is 10.0 Å². The Hall–Kier alpha value is -1.27. The second-order valence-electron chi connectivity index (χ2n) is 4.93. The summed E-state index contributed by atoms with van der Waals surface area (Å²) in [7, 11) is -3.45. The van der Waals surface area contributed by atoms with Crippen molar-refractivity contribution in [3.63, 3.8) is 0 Å². The minimum atomic E-state index is -3.45. The molecule has 22 heavy (non-hydrogen) atoms. The Bertz CT molecular complexity index is 775. The van der Waals surface area contributed by atoms with E-state index < -0.39 is 10.0 Å². The Labute approximate surface area is 139 Å². The summed E-state index contributed by atoms with van der Waals surface area (Å²) in [4.78, 5) is 0.286. The molecule has 0 N–H and O–H groups in total. The molecule has 0 radical (unpaired) electrons. The van der Waals surface area contributed by atoms with Gasteiger partial charge in [-0.05, 0) is 24.3 Å². The number of benzene rings is 2. The Morgan fingerprint density at radius 1 is 1.00 bits per heavy atom.